The topological polar surface area (TPSA) is 3.88 Å². The number of nitrogens with zero attached hydrogens (tertiary/aromatic N) is 1. The normalized spacial score (nSPS) is 11.5. The van der Waals surface area contributed by atoms with Crippen LogP contribution in [0, 0.1) is 116 Å². The van der Waals surface area contributed by atoms with Gasteiger partial charge >= 0.3 is 0 Å². The number of halogens is 20. The molecule has 0 unspecified atom stereocenters. The highest BCUT2D eigenvalue weighted by Gasteiger charge is 2.52. The van der Waals surface area contributed by atoms with Crippen molar-refractivity contribution in [3.05, 3.63) is 175 Å². The summed E-state index contributed by atoms with van der Waals surface area (Å²) in [5.41, 5.74) is -13.0. The van der Waals surface area contributed by atoms with Crippen LogP contribution in [0.25, 0.3) is 6.08 Å². The van der Waals surface area contributed by atoms with E-state index in [-0.39, 0.29) is 0 Å². The van der Waals surface area contributed by atoms with E-state index < -0.39 is 144 Å². The summed E-state index contributed by atoms with van der Waals surface area (Å²) in [4.78, 5) is 0. The predicted octanol–water partition coefficient (Wildman–Crippen LogP) is 8.57. The van der Waals surface area contributed by atoms with Gasteiger partial charge in [0.15, 0.2) is 82.5 Å². The van der Waals surface area contributed by atoms with Crippen molar-refractivity contribution in [3.8, 4) is 0 Å². The maximum absolute atomic E-state index is 15.4. The molecule has 6 rings (SSSR count). The van der Waals surface area contributed by atoms with Crippen LogP contribution in [0.4, 0.5) is 87.8 Å². The first-order chi connectivity index (χ1) is 27.6. The van der Waals surface area contributed by atoms with Crippen LogP contribution in [0.1, 0.15) is 10.6 Å². The molecule has 0 aliphatic heterocycles. The molecule has 0 saturated carbocycles. The minimum atomic E-state index is -7.22. The average molecular weight is 881 g/mol. The summed E-state index contributed by atoms with van der Waals surface area (Å²) in [6, 6.07) is 10.4. The molecule has 0 saturated heterocycles. The second-order valence-electron chi connectivity index (χ2n) is 11.9. The standard InChI is InChI=1S/C24BF20.C12H12NS/c26-5-1(6(27)14(35)21(42)13(5)34)25(2-7(28)15(36)22(43)16(37)8(2)29,3-9(30)17(38)23(44)18(39)10(3)31)4-11(32)19(40)24(45)20(41)12(4)33;1-2-12-13(8-9-14-12)10-11-6-4-3-5-7-11/h;2-9H,1,10H2/q-1;+1. The van der Waals surface area contributed by atoms with Crippen LogP contribution < -0.4 is 26.4 Å². The number of rotatable bonds is 7. The molecule has 0 N–H and O–H groups in total. The van der Waals surface area contributed by atoms with Crippen molar-refractivity contribution >= 4 is 45.4 Å². The molecule has 0 aliphatic carbocycles. The second kappa shape index (κ2) is 16.4. The molecule has 1 heterocycles. The van der Waals surface area contributed by atoms with Crippen molar-refractivity contribution in [3.63, 3.8) is 0 Å². The van der Waals surface area contributed by atoms with Gasteiger partial charge in [0.2, 0.25) is 0 Å². The van der Waals surface area contributed by atoms with Crippen molar-refractivity contribution in [2.45, 2.75) is 6.54 Å². The van der Waals surface area contributed by atoms with E-state index >= 15 is 35.1 Å². The number of benzene rings is 5. The van der Waals surface area contributed by atoms with Gasteiger partial charge in [-0.15, -0.1) is 21.9 Å². The molecule has 0 spiro atoms. The summed E-state index contributed by atoms with van der Waals surface area (Å²) in [5.74, 6) is -71.4. The molecule has 0 aliphatic rings. The molecule has 5 aromatic carbocycles. The highest BCUT2D eigenvalue weighted by molar-refractivity contribution is 7.20. The Bertz CT molecular complexity index is 2280. The Hall–Kier alpha value is -5.87. The number of aromatic nitrogens is 1. The fourth-order valence-corrected chi connectivity index (χ4v) is 6.97. The second-order valence-corrected chi connectivity index (χ2v) is 12.8. The van der Waals surface area contributed by atoms with Gasteiger partial charge in [-0.2, -0.15) is 4.57 Å². The SMILES string of the molecule is C=Cc1scc[n+]1Cc1ccccc1.Fc1c(F)c(F)c([B-](c2c(F)c(F)c(F)c(F)c2F)(c2c(F)c(F)c(F)c(F)c2F)c2c(F)c(F)c(F)c(F)c2F)c(F)c1F. The molecule has 1 aromatic heterocycles. The molecule has 0 fully saturated rings. The molecule has 0 amide bonds. The first-order valence-electron chi connectivity index (χ1n) is 15.5. The van der Waals surface area contributed by atoms with Gasteiger partial charge in [0.1, 0.15) is 52.7 Å². The molecule has 0 atom stereocenters. The summed E-state index contributed by atoms with van der Waals surface area (Å²) >= 11 is 1.71. The Kier molecular flexibility index (Phi) is 12.3. The van der Waals surface area contributed by atoms with Crippen molar-refractivity contribution < 1.29 is 92.4 Å². The summed E-state index contributed by atoms with van der Waals surface area (Å²) < 4.78 is 296. The summed E-state index contributed by atoms with van der Waals surface area (Å²) in [5, 5.41) is 3.29. The quantitative estimate of drug-likeness (QED) is 0.0498. The van der Waals surface area contributed by atoms with Crippen LogP contribution in [0.2, 0.25) is 0 Å². The van der Waals surface area contributed by atoms with Gasteiger partial charge in [0.25, 0.3) is 5.01 Å². The first-order valence-corrected chi connectivity index (χ1v) is 16.3. The lowest BCUT2D eigenvalue weighted by Gasteiger charge is -2.44. The molecule has 1 nitrogen and oxygen atoms in total. The predicted molar refractivity (Wildman–Crippen MR) is 169 cm³/mol. The fourth-order valence-electron chi connectivity index (χ4n) is 6.27. The van der Waals surface area contributed by atoms with E-state index in [1.165, 1.54) is 10.6 Å². The van der Waals surface area contributed by atoms with E-state index in [0.717, 1.165) is 6.54 Å². The van der Waals surface area contributed by atoms with Gasteiger partial charge < -0.3 is 0 Å². The van der Waals surface area contributed by atoms with Gasteiger partial charge in [0, 0.05) is 11.6 Å². The van der Waals surface area contributed by atoms with Gasteiger partial charge in [-0.25, -0.2) is 87.8 Å². The molecule has 0 radical (unpaired) electrons. The highest BCUT2D eigenvalue weighted by Crippen LogP contribution is 2.30. The van der Waals surface area contributed by atoms with Crippen molar-refractivity contribution in [1.82, 2.24) is 0 Å². The number of hydrogen-bond acceptors (Lipinski definition) is 1. The molecule has 310 valence electrons. The molecule has 23 heteroatoms. The minimum Gasteiger partial charge on any atom is -0.207 e. The van der Waals surface area contributed by atoms with Gasteiger partial charge in [-0.05, 0) is 0 Å². The van der Waals surface area contributed by atoms with Gasteiger partial charge in [-0.1, -0.05) is 48.2 Å². The van der Waals surface area contributed by atoms with Crippen LogP contribution >= 0.6 is 11.3 Å². The van der Waals surface area contributed by atoms with E-state index in [4.69, 9.17) is 0 Å². The van der Waals surface area contributed by atoms with Crippen molar-refractivity contribution in [1.29, 1.82) is 0 Å². The lowest BCUT2D eigenvalue weighted by Crippen LogP contribution is -2.81. The smallest absolute Gasteiger partial charge is 0.207 e. The van der Waals surface area contributed by atoms with E-state index in [0.29, 0.717) is 0 Å². The molecular weight excluding hydrogens is 869 g/mol. The average Bonchev–Trinajstić information content (AvgIpc) is 3.68. The van der Waals surface area contributed by atoms with Crippen molar-refractivity contribution in [2.75, 3.05) is 0 Å². The Morgan fingerprint density at radius 3 is 0.915 bits per heavy atom. The van der Waals surface area contributed by atoms with E-state index in [1.807, 2.05) is 12.1 Å². The zero-order valence-corrected chi connectivity index (χ0v) is 28.8. The highest BCUT2D eigenvalue weighted by atomic mass is 32.1. The first kappa shape index (κ1) is 44.2. The maximum Gasteiger partial charge on any atom is 0.261 e. The molecule has 59 heavy (non-hydrogen) atoms. The Labute approximate surface area is 319 Å². The third-order valence-electron chi connectivity index (χ3n) is 8.79. The van der Waals surface area contributed by atoms with Crippen LogP contribution in [0.3, 0.4) is 0 Å². The fraction of sp³-hybridized carbons (Fsp3) is 0.0278. The summed E-state index contributed by atoms with van der Waals surface area (Å²) in [6.45, 7) is 4.72. The van der Waals surface area contributed by atoms with E-state index in [9.17, 15) is 52.7 Å². The van der Waals surface area contributed by atoms with Crippen LogP contribution in [0.5, 0.6) is 0 Å². The Morgan fingerprint density at radius 1 is 0.407 bits per heavy atom. The maximum atomic E-state index is 15.4. The zero-order chi connectivity index (χ0) is 44.2. The lowest BCUT2D eigenvalue weighted by atomic mass is 9.12. The third-order valence-corrected chi connectivity index (χ3v) is 9.69. The third kappa shape index (κ3) is 6.87. The molecular formula is C36H12BF20NS. The summed E-state index contributed by atoms with van der Waals surface area (Å²) in [7, 11) is 0. The summed E-state index contributed by atoms with van der Waals surface area (Å²) in [6.07, 6.45) is -3.23. The Balaban J connectivity index is 0.000000395. The molecule has 6 aromatic rings. The van der Waals surface area contributed by atoms with Crippen LogP contribution in [0.15, 0.2) is 48.5 Å². The molecule has 0 bridgehead atoms. The van der Waals surface area contributed by atoms with Crippen LogP contribution in [-0.2, 0) is 6.54 Å². The number of thiazole rings is 1. The van der Waals surface area contributed by atoms with E-state index in [1.54, 1.807) is 11.3 Å². The Morgan fingerprint density at radius 2 is 0.661 bits per heavy atom. The number of hydrogen-bond donors (Lipinski definition) is 0. The van der Waals surface area contributed by atoms with E-state index in [2.05, 4.69) is 47.0 Å². The van der Waals surface area contributed by atoms with Crippen molar-refractivity contribution in [2.24, 2.45) is 0 Å². The largest absolute Gasteiger partial charge is 0.261 e. The zero-order valence-electron chi connectivity index (χ0n) is 28.0. The lowest BCUT2D eigenvalue weighted by molar-refractivity contribution is -0.685. The van der Waals surface area contributed by atoms with Gasteiger partial charge in [0.05, 0.1) is 5.38 Å². The van der Waals surface area contributed by atoms with Crippen LogP contribution in [-0.4, -0.2) is 6.15 Å². The minimum absolute atomic E-state index is 0.922. The monoisotopic (exact) mass is 881 g/mol. The van der Waals surface area contributed by atoms with Gasteiger partial charge in [-0.3, -0.25) is 0 Å².